The molecule has 0 unspecified atom stereocenters. The Kier molecular flexibility index (Phi) is 4.85. The number of rotatable bonds is 2. The zero-order valence-corrected chi connectivity index (χ0v) is 6.83. The van der Waals surface area contributed by atoms with Gasteiger partial charge in [-0.3, -0.25) is 0 Å². The Morgan fingerprint density at radius 3 is 2.55 bits per heavy atom. The maximum Gasteiger partial charge on any atom is 1.00 e. The van der Waals surface area contributed by atoms with Gasteiger partial charge in [-0.25, -0.2) is 0 Å². The Morgan fingerprint density at radius 2 is 2.00 bits per heavy atom. The molecule has 0 spiro atoms. The smallest absolute Gasteiger partial charge is 0.870 e. The molecule has 54 valence electrons. The van der Waals surface area contributed by atoms with E-state index in [4.69, 9.17) is 4.74 Å². The van der Waals surface area contributed by atoms with Crippen molar-refractivity contribution in [3.8, 4) is 11.5 Å². The first-order valence-electron chi connectivity index (χ1n) is 3.23. The van der Waals surface area contributed by atoms with Gasteiger partial charge in [-0.15, -0.1) is 0 Å². The summed E-state index contributed by atoms with van der Waals surface area (Å²) in [7, 11) is 0. The summed E-state index contributed by atoms with van der Waals surface area (Å²) in [6, 6.07) is 6.65. The summed E-state index contributed by atoms with van der Waals surface area (Å²) in [5.74, 6) is 0.384. The third-order valence-corrected chi connectivity index (χ3v) is 1.15. The molecule has 0 saturated heterocycles. The summed E-state index contributed by atoms with van der Waals surface area (Å²) in [6.45, 7) is 2.39. The van der Waals surface area contributed by atoms with Gasteiger partial charge in [0.2, 0.25) is 0 Å². The van der Waals surface area contributed by atoms with Crippen LogP contribution in [-0.4, -0.2) is 6.61 Å². The van der Waals surface area contributed by atoms with E-state index in [1.807, 2.05) is 6.92 Å². The van der Waals surface area contributed by atoms with Crippen LogP contribution < -0.4 is 28.7 Å². The molecular weight excluding hydrogens is 135 g/mol. The van der Waals surface area contributed by atoms with Crippen LogP contribution in [0.15, 0.2) is 24.3 Å². The van der Waals surface area contributed by atoms with Crippen molar-refractivity contribution in [1.82, 2.24) is 0 Å². The van der Waals surface area contributed by atoms with E-state index >= 15 is 0 Å². The van der Waals surface area contributed by atoms with Crippen molar-refractivity contribution in [3.63, 3.8) is 0 Å². The van der Waals surface area contributed by atoms with Gasteiger partial charge in [0.05, 0.1) is 6.61 Å². The first-order valence-corrected chi connectivity index (χ1v) is 3.23. The minimum absolute atomic E-state index is 0. The molecule has 0 amide bonds. The Balaban J connectivity index is 0.000001000. The average molecular weight is 144 g/mol. The normalized spacial score (nSPS) is 8.45. The Morgan fingerprint density at radius 1 is 1.36 bits per heavy atom. The Labute approximate surface area is 78.4 Å². The Hall–Kier alpha value is -0.583. The van der Waals surface area contributed by atoms with Crippen molar-refractivity contribution in [2.75, 3.05) is 6.61 Å². The molecule has 3 heteroatoms. The second kappa shape index (κ2) is 5.12. The number of hydrogen-bond donors (Lipinski definition) is 0. The summed E-state index contributed by atoms with van der Waals surface area (Å²) in [5, 5.41) is 10.9. The summed E-state index contributed by atoms with van der Waals surface area (Å²) in [5.41, 5.74) is 0. The molecule has 0 radical (unpaired) electrons. The maximum atomic E-state index is 10.9. The number of para-hydroxylation sites is 2. The molecule has 0 aromatic heterocycles. The number of ether oxygens (including phenoxy) is 1. The standard InChI is InChI=1S/C8H10O2.Li/c1-2-10-8-6-4-3-5-7(8)9;/h3-6,9H,2H2,1H3;/q;+1/p-1. The van der Waals surface area contributed by atoms with Crippen LogP contribution in [0.4, 0.5) is 0 Å². The molecule has 0 saturated carbocycles. The van der Waals surface area contributed by atoms with E-state index in [2.05, 4.69) is 0 Å². The summed E-state index contributed by atoms with van der Waals surface area (Å²) >= 11 is 0. The molecule has 1 aromatic rings. The van der Waals surface area contributed by atoms with Gasteiger partial charge in [0.15, 0.2) is 0 Å². The van der Waals surface area contributed by atoms with Crippen LogP contribution in [0.5, 0.6) is 11.5 Å². The van der Waals surface area contributed by atoms with Crippen LogP contribution in [0.2, 0.25) is 0 Å². The van der Waals surface area contributed by atoms with Gasteiger partial charge in [-0.1, -0.05) is 23.9 Å². The summed E-state index contributed by atoms with van der Waals surface area (Å²) in [6.07, 6.45) is 0. The van der Waals surface area contributed by atoms with Gasteiger partial charge in [0, 0.05) is 0 Å². The van der Waals surface area contributed by atoms with Crippen LogP contribution in [-0.2, 0) is 0 Å². The summed E-state index contributed by atoms with van der Waals surface area (Å²) < 4.78 is 5.02. The predicted octanol–water partition coefficient (Wildman–Crippen LogP) is -1.84. The molecule has 1 aromatic carbocycles. The van der Waals surface area contributed by atoms with E-state index in [0.717, 1.165) is 0 Å². The fourth-order valence-corrected chi connectivity index (χ4v) is 0.725. The van der Waals surface area contributed by atoms with Crippen molar-refractivity contribution < 1.29 is 28.7 Å². The number of hydrogen-bond acceptors (Lipinski definition) is 2. The van der Waals surface area contributed by atoms with Crippen LogP contribution in [0, 0.1) is 0 Å². The molecule has 0 aliphatic carbocycles. The molecule has 0 N–H and O–H groups in total. The molecule has 0 aliphatic rings. The fourth-order valence-electron chi connectivity index (χ4n) is 0.725. The van der Waals surface area contributed by atoms with Crippen LogP contribution >= 0.6 is 0 Å². The van der Waals surface area contributed by atoms with E-state index in [1.54, 1.807) is 18.2 Å². The van der Waals surface area contributed by atoms with Gasteiger partial charge in [-0.2, -0.15) is 0 Å². The van der Waals surface area contributed by atoms with E-state index in [0.29, 0.717) is 12.4 Å². The monoisotopic (exact) mass is 144 g/mol. The van der Waals surface area contributed by atoms with E-state index in [1.165, 1.54) is 6.07 Å². The molecule has 11 heavy (non-hydrogen) atoms. The first kappa shape index (κ1) is 10.4. The van der Waals surface area contributed by atoms with E-state index in [9.17, 15) is 5.11 Å². The van der Waals surface area contributed by atoms with Crippen LogP contribution in [0.25, 0.3) is 0 Å². The van der Waals surface area contributed by atoms with Gasteiger partial charge in [0.25, 0.3) is 0 Å². The van der Waals surface area contributed by atoms with Crippen LogP contribution in [0.1, 0.15) is 6.92 Å². The third-order valence-electron chi connectivity index (χ3n) is 1.15. The zero-order chi connectivity index (χ0) is 7.40. The molecule has 0 aliphatic heterocycles. The molecule has 0 atom stereocenters. The fraction of sp³-hybridized carbons (Fsp3) is 0.250. The van der Waals surface area contributed by atoms with Gasteiger partial charge in [-0.05, 0) is 13.0 Å². The quantitative estimate of drug-likeness (QED) is 0.457. The average Bonchev–Trinajstić information content (AvgIpc) is 1.94. The van der Waals surface area contributed by atoms with Crippen LogP contribution in [0.3, 0.4) is 0 Å². The maximum absolute atomic E-state index is 10.9. The first-order chi connectivity index (χ1) is 4.84. The van der Waals surface area contributed by atoms with Gasteiger partial charge >= 0.3 is 18.9 Å². The SMILES string of the molecule is CCOc1ccccc1[O-].[Li+]. The minimum atomic E-state index is -0.0515. The Bertz CT molecular complexity index is 213. The molecule has 0 bridgehead atoms. The van der Waals surface area contributed by atoms with Crippen molar-refractivity contribution in [3.05, 3.63) is 24.3 Å². The second-order valence-corrected chi connectivity index (χ2v) is 1.88. The van der Waals surface area contributed by atoms with Crippen molar-refractivity contribution in [2.45, 2.75) is 6.92 Å². The largest absolute Gasteiger partial charge is 1.00 e. The molecule has 0 fully saturated rings. The topological polar surface area (TPSA) is 32.3 Å². The van der Waals surface area contributed by atoms with Gasteiger partial charge < -0.3 is 9.84 Å². The molecule has 1 rings (SSSR count). The van der Waals surface area contributed by atoms with E-state index in [-0.39, 0.29) is 24.6 Å². The number of benzene rings is 1. The minimum Gasteiger partial charge on any atom is -0.870 e. The third kappa shape index (κ3) is 2.88. The van der Waals surface area contributed by atoms with Gasteiger partial charge in [0.1, 0.15) is 5.75 Å². The van der Waals surface area contributed by atoms with E-state index < -0.39 is 0 Å². The second-order valence-electron chi connectivity index (χ2n) is 1.88. The predicted molar refractivity (Wildman–Crippen MR) is 37.1 cm³/mol. The van der Waals surface area contributed by atoms with Crippen molar-refractivity contribution in [2.24, 2.45) is 0 Å². The zero-order valence-electron chi connectivity index (χ0n) is 6.83. The van der Waals surface area contributed by atoms with Crippen molar-refractivity contribution in [1.29, 1.82) is 0 Å². The summed E-state index contributed by atoms with van der Waals surface area (Å²) in [4.78, 5) is 0. The molecule has 0 heterocycles. The molecular formula is C8H9LiO2. The van der Waals surface area contributed by atoms with Crippen molar-refractivity contribution >= 4 is 0 Å². The molecule has 2 nitrogen and oxygen atoms in total.